The Kier molecular flexibility index (Phi) is 3.74. The van der Waals surface area contributed by atoms with Crippen molar-refractivity contribution < 1.29 is 0 Å². The number of hydrogen-bond donors (Lipinski definition) is 2. The Morgan fingerprint density at radius 1 is 1.28 bits per heavy atom. The second-order valence-electron chi connectivity index (χ2n) is 3.94. The summed E-state index contributed by atoms with van der Waals surface area (Å²) in [7, 11) is 3.80. The topological polar surface area (TPSA) is 67.1 Å². The number of nitrogens with zero attached hydrogens (tertiary/aromatic N) is 3. The van der Waals surface area contributed by atoms with E-state index in [1.807, 2.05) is 43.3 Å². The van der Waals surface area contributed by atoms with Crippen molar-refractivity contribution in [3.63, 3.8) is 0 Å². The van der Waals surface area contributed by atoms with Gasteiger partial charge in [-0.2, -0.15) is 0 Å². The van der Waals surface area contributed by atoms with Crippen LogP contribution in [0.15, 0.2) is 36.7 Å². The fourth-order valence-corrected chi connectivity index (χ4v) is 1.69. The van der Waals surface area contributed by atoms with Gasteiger partial charge in [0, 0.05) is 32.4 Å². The van der Waals surface area contributed by atoms with Crippen LogP contribution in [0, 0.1) is 0 Å². The lowest BCUT2D eigenvalue weighted by atomic mass is 10.2. The van der Waals surface area contributed by atoms with Crippen molar-refractivity contribution in [3.05, 3.63) is 42.2 Å². The Morgan fingerprint density at radius 3 is 2.83 bits per heavy atom. The van der Waals surface area contributed by atoms with Crippen LogP contribution in [0.5, 0.6) is 0 Å². The number of aromatic nitrogens is 2. The summed E-state index contributed by atoms with van der Waals surface area (Å²) >= 11 is 0. The second kappa shape index (κ2) is 5.46. The molecular formula is C13H17N5. The highest BCUT2D eigenvalue weighted by Crippen LogP contribution is 2.23. The monoisotopic (exact) mass is 243 g/mol. The molecule has 2 rings (SSSR count). The fourth-order valence-electron chi connectivity index (χ4n) is 1.69. The average molecular weight is 243 g/mol. The molecule has 0 aliphatic rings. The number of benzene rings is 1. The zero-order chi connectivity index (χ0) is 13.0. The molecule has 0 saturated carbocycles. The molecule has 1 aromatic carbocycles. The van der Waals surface area contributed by atoms with Crippen molar-refractivity contribution in [2.24, 2.45) is 5.73 Å². The smallest absolute Gasteiger partial charge is 0.138 e. The van der Waals surface area contributed by atoms with Gasteiger partial charge in [-0.1, -0.05) is 12.1 Å². The normalized spacial score (nSPS) is 10.2. The van der Waals surface area contributed by atoms with Crippen molar-refractivity contribution in [2.75, 3.05) is 24.3 Å². The van der Waals surface area contributed by atoms with Crippen LogP contribution in [0.1, 0.15) is 5.56 Å². The number of rotatable bonds is 4. The van der Waals surface area contributed by atoms with Crippen LogP contribution in [0.4, 0.5) is 17.3 Å². The molecule has 5 heteroatoms. The molecule has 0 saturated heterocycles. The van der Waals surface area contributed by atoms with Crippen LogP contribution in [0.25, 0.3) is 0 Å². The zero-order valence-electron chi connectivity index (χ0n) is 10.6. The molecule has 0 bridgehead atoms. The van der Waals surface area contributed by atoms with Crippen molar-refractivity contribution in [3.8, 4) is 0 Å². The van der Waals surface area contributed by atoms with Gasteiger partial charge in [0.25, 0.3) is 0 Å². The molecule has 0 atom stereocenters. The largest absolute Gasteiger partial charge is 0.373 e. The molecule has 94 valence electrons. The fraction of sp³-hybridized carbons (Fsp3) is 0.231. The third-order valence-electron chi connectivity index (χ3n) is 2.79. The first kappa shape index (κ1) is 12.3. The average Bonchev–Trinajstić information content (AvgIpc) is 2.46. The van der Waals surface area contributed by atoms with Crippen LogP contribution < -0.4 is 16.0 Å². The standard InChI is InChI=1S/C13H17N5/c1-15-12-7-13(17-9-16-12)18(2)11-5-3-4-10(6-11)8-14/h3-7,9H,8,14H2,1-2H3,(H,15,16,17). The van der Waals surface area contributed by atoms with Gasteiger partial charge in [0.05, 0.1) is 0 Å². The lowest BCUT2D eigenvalue weighted by Gasteiger charge is -2.19. The molecule has 3 N–H and O–H groups in total. The maximum absolute atomic E-state index is 5.65. The lowest BCUT2D eigenvalue weighted by Crippen LogP contribution is -2.12. The Balaban J connectivity index is 2.31. The highest BCUT2D eigenvalue weighted by molar-refractivity contribution is 5.62. The van der Waals surface area contributed by atoms with E-state index >= 15 is 0 Å². The summed E-state index contributed by atoms with van der Waals surface area (Å²) in [6.07, 6.45) is 1.55. The van der Waals surface area contributed by atoms with Gasteiger partial charge < -0.3 is 16.0 Å². The molecular weight excluding hydrogens is 226 g/mol. The van der Waals surface area contributed by atoms with Crippen LogP contribution in [0.2, 0.25) is 0 Å². The van der Waals surface area contributed by atoms with E-state index in [0.29, 0.717) is 6.54 Å². The van der Waals surface area contributed by atoms with Crippen LogP contribution in [0.3, 0.4) is 0 Å². The zero-order valence-corrected chi connectivity index (χ0v) is 10.6. The molecule has 0 fully saturated rings. The number of anilines is 3. The summed E-state index contributed by atoms with van der Waals surface area (Å²) in [5.74, 6) is 1.63. The highest BCUT2D eigenvalue weighted by atomic mass is 15.2. The van der Waals surface area contributed by atoms with E-state index in [2.05, 4.69) is 21.4 Å². The van der Waals surface area contributed by atoms with Gasteiger partial charge in [0.15, 0.2) is 0 Å². The van der Waals surface area contributed by atoms with Crippen molar-refractivity contribution >= 4 is 17.3 Å². The van der Waals surface area contributed by atoms with E-state index in [-0.39, 0.29) is 0 Å². The van der Waals surface area contributed by atoms with E-state index in [1.54, 1.807) is 6.33 Å². The predicted molar refractivity (Wildman–Crippen MR) is 74.0 cm³/mol. The molecule has 0 aliphatic carbocycles. The van der Waals surface area contributed by atoms with E-state index < -0.39 is 0 Å². The molecule has 0 unspecified atom stereocenters. The number of hydrogen-bond acceptors (Lipinski definition) is 5. The van der Waals surface area contributed by atoms with Gasteiger partial charge in [-0.25, -0.2) is 9.97 Å². The first-order valence-corrected chi connectivity index (χ1v) is 5.77. The van der Waals surface area contributed by atoms with E-state index in [1.165, 1.54) is 0 Å². The van der Waals surface area contributed by atoms with Gasteiger partial charge in [-0.05, 0) is 17.7 Å². The molecule has 2 aromatic rings. The van der Waals surface area contributed by atoms with Gasteiger partial charge in [0.2, 0.25) is 0 Å². The Hall–Kier alpha value is -2.14. The maximum atomic E-state index is 5.65. The van der Waals surface area contributed by atoms with Gasteiger partial charge in [0.1, 0.15) is 18.0 Å². The van der Waals surface area contributed by atoms with Crippen molar-refractivity contribution in [1.82, 2.24) is 9.97 Å². The molecule has 0 amide bonds. The molecule has 18 heavy (non-hydrogen) atoms. The Bertz CT molecular complexity index is 479. The first-order chi connectivity index (χ1) is 8.74. The summed E-state index contributed by atoms with van der Waals surface area (Å²) < 4.78 is 0. The van der Waals surface area contributed by atoms with Crippen LogP contribution in [-0.4, -0.2) is 24.1 Å². The molecule has 0 spiro atoms. The lowest BCUT2D eigenvalue weighted by molar-refractivity contribution is 1.05. The molecule has 1 heterocycles. The quantitative estimate of drug-likeness (QED) is 0.856. The van der Waals surface area contributed by atoms with Crippen molar-refractivity contribution in [1.29, 1.82) is 0 Å². The second-order valence-corrected chi connectivity index (χ2v) is 3.94. The van der Waals surface area contributed by atoms with Crippen LogP contribution >= 0.6 is 0 Å². The summed E-state index contributed by atoms with van der Waals surface area (Å²) in [6, 6.07) is 9.99. The number of nitrogens with one attached hydrogen (secondary N) is 1. The van der Waals surface area contributed by atoms with Crippen molar-refractivity contribution in [2.45, 2.75) is 6.54 Å². The van der Waals surface area contributed by atoms with Gasteiger partial charge in [-0.3, -0.25) is 0 Å². The molecule has 0 aliphatic heterocycles. The molecule has 5 nitrogen and oxygen atoms in total. The third kappa shape index (κ3) is 2.57. The SMILES string of the molecule is CNc1cc(N(C)c2cccc(CN)c2)ncn1. The summed E-state index contributed by atoms with van der Waals surface area (Å²) in [5, 5.41) is 3.00. The number of nitrogens with two attached hydrogens (primary N) is 1. The summed E-state index contributed by atoms with van der Waals surface area (Å²) in [6.45, 7) is 0.535. The Morgan fingerprint density at radius 2 is 2.11 bits per heavy atom. The first-order valence-electron chi connectivity index (χ1n) is 5.77. The summed E-state index contributed by atoms with van der Waals surface area (Å²) in [4.78, 5) is 10.4. The minimum atomic E-state index is 0.535. The van der Waals surface area contributed by atoms with E-state index in [9.17, 15) is 0 Å². The molecule has 1 aromatic heterocycles. The van der Waals surface area contributed by atoms with E-state index in [0.717, 1.165) is 22.9 Å². The summed E-state index contributed by atoms with van der Waals surface area (Å²) in [5.41, 5.74) is 7.80. The Labute approximate surface area is 107 Å². The minimum Gasteiger partial charge on any atom is -0.373 e. The van der Waals surface area contributed by atoms with Gasteiger partial charge in [-0.15, -0.1) is 0 Å². The predicted octanol–water partition coefficient (Wildman–Crippen LogP) is 1.74. The third-order valence-corrected chi connectivity index (χ3v) is 2.79. The van der Waals surface area contributed by atoms with Gasteiger partial charge >= 0.3 is 0 Å². The van der Waals surface area contributed by atoms with E-state index in [4.69, 9.17) is 5.73 Å². The van der Waals surface area contributed by atoms with Crippen LogP contribution in [-0.2, 0) is 6.54 Å². The molecule has 0 radical (unpaired) electrons. The maximum Gasteiger partial charge on any atom is 0.138 e. The minimum absolute atomic E-state index is 0.535. The highest BCUT2D eigenvalue weighted by Gasteiger charge is 2.06.